The van der Waals surface area contributed by atoms with E-state index < -0.39 is 5.97 Å². The fourth-order valence-electron chi connectivity index (χ4n) is 1.56. The maximum absolute atomic E-state index is 11.0. The molecule has 86 valence electrons. The molecule has 0 radical (unpaired) electrons. The van der Waals surface area contributed by atoms with Gasteiger partial charge in [-0.2, -0.15) is 11.8 Å². The van der Waals surface area contributed by atoms with Gasteiger partial charge in [0.15, 0.2) is 0 Å². The number of pyridine rings is 1. The molecular formula is C10H11ClN2O2S. The van der Waals surface area contributed by atoms with Crippen molar-refractivity contribution < 1.29 is 9.90 Å². The average Bonchev–Trinajstić information content (AvgIpc) is 2.70. The van der Waals surface area contributed by atoms with Crippen LogP contribution in [0.3, 0.4) is 0 Å². The number of anilines is 1. The van der Waals surface area contributed by atoms with Gasteiger partial charge in [0.25, 0.3) is 0 Å². The number of hydrogen-bond donors (Lipinski definition) is 2. The minimum Gasteiger partial charge on any atom is -0.478 e. The molecule has 2 N–H and O–H groups in total. The van der Waals surface area contributed by atoms with E-state index in [0.717, 1.165) is 17.9 Å². The molecule has 0 spiro atoms. The van der Waals surface area contributed by atoms with Gasteiger partial charge in [0.05, 0.1) is 0 Å². The van der Waals surface area contributed by atoms with Crippen molar-refractivity contribution in [3.8, 4) is 0 Å². The molecule has 1 unspecified atom stereocenters. The van der Waals surface area contributed by atoms with Crippen molar-refractivity contribution in [3.63, 3.8) is 0 Å². The van der Waals surface area contributed by atoms with Gasteiger partial charge in [0.2, 0.25) is 0 Å². The Labute approximate surface area is 102 Å². The number of carboxylic acids is 1. The summed E-state index contributed by atoms with van der Waals surface area (Å²) in [4.78, 5) is 15.0. The van der Waals surface area contributed by atoms with Gasteiger partial charge in [-0.1, -0.05) is 11.6 Å². The van der Waals surface area contributed by atoms with Gasteiger partial charge >= 0.3 is 5.97 Å². The zero-order chi connectivity index (χ0) is 11.5. The van der Waals surface area contributed by atoms with Crippen molar-refractivity contribution >= 4 is 35.1 Å². The van der Waals surface area contributed by atoms with Gasteiger partial charge in [0.1, 0.15) is 16.5 Å². The van der Waals surface area contributed by atoms with Crippen LogP contribution in [0.25, 0.3) is 0 Å². The highest BCUT2D eigenvalue weighted by atomic mass is 35.5. The molecule has 1 fully saturated rings. The quantitative estimate of drug-likeness (QED) is 0.815. The fourth-order valence-corrected chi connectivity index (χ4v) is 2.86. The second kappa shape index (κ2) is 4.93. The molecule has 2 rings (SSSR count). The third-order valence-corrected chi connectivity index (χ3v) is 3.74. The van der Waals surface area contributed by atoms with Gasteiger partial charge in [-0.25, -0.2) is 9.78 Å². The van der Waals surface area contributed by atoms with Crippen LogP contribution in [0.5, 0.6) is 0 Å². The summed E-state index contributed by atoms with van der Waals surface area (Å²) < 4.78 is 0. The summed E-state index contributed by atoms with van der Waals surface area (Å²) in [6, 6.07) is 3.25. The Balaban J connectivity index is 2.22. The predicted octanol–water partition coefficient (Wildman–Crippen LogP) is 2.35. The Morgan fingerprint density at radius 1 is 1.62 bits per heavy atom. The highest BCUT2D eigenvalue weighted by Gasteiger charge is 2.19. The number of thioether (sulfide) groups is 1. The molecule has 6 heteroatoms. The Bertz CT molecular complexity index is 408. The van der Waals surface area contributed by atoms with E-state index in [9.17, 15) is 4.79 Å². The normalized spacial score (nSPS) is 19.7. The summed E-state index contributed by atoms with van der Waals surface area (Å²) in [5, 5.41) is 12.4. The summed E-state index contributed by atoms with van der Waals surface area (Å²) in [5.41, 5.74) is 0.168. The minimum atomic E-state index is -0.989. The summed E-state index contributed by atoms with van der Waals surface area (Å²) in [5.74, 6) is 1.46. The Morgan fingerprint density at radius 3 is 3.06 bits per heavy atom. The lowest BCUT2D eigenvalue weighted by Gasteiger charge is -2.13. The molecule has 0 bridgehead atoms. The largest absolute Gasteiger partial charge is 0.478 e. The maximum atomic E-state index is 11.0. The summed E-state index contributed by atoms with van der Waals surface area (Å²) in [6.07, 6.45) is 1.03. The topological polar surface area (TPSA) is 62.2 Å². The second-order valence-corrected chi connectivity index (χ2v) is 5.08. The number of nitrogens with zero attached hydrogens (tertiary/aromatic N) is 1. The number of nitrogens with one attached hydrogen (secondary N) is 1. The van der Waals surface area contributed by atoms with Crippen molar-refractivity contribution in [2.75, 3.05) is 16.8 Å². The minimum absolute atomic E-state index is 0.168. The molecule has 1 aromatic heterocycles. The van der Waals surface area contributed by atoms with Crippen LogP contribution < -0.4 is 5.32 Å². The van der Waals surface area contributed by atoms with E-state index in [0.29, 0.717) is 11.0 Å². The summed E-state index contributed by atoms with van der Waals surface area (Å²) in [6.45, 7) is 0. The number of halogens is 1. The van der Waals surface area contributed by atoms with E-state index in [-0.39, 0.29) is 11.6 Å². The van der Waals surface area contributed by atoms with Crippen LogP contribution in [0.2, 0.25) is 5.15 Å². The van der Waals surface area contributed by atoms with Gasteiger partial charge < -0.3 is 10.4 Å². The number of rotatable bonds is 3. The van der Waals surface area contributed by atoms with Crippen molar-refractivity contribution in [3.05, 3.63) is 22.8 Å². The molecule has 4 nitrogen and oxygen atoms in total. The predicted molar refractivity (Wildman–Crippen MR) is 65.6 cm³/mol. The van der Waals surface area contributed by atoms with E-state index in [2.05, 4.69) is 10.3 Å². The van der Waals surface area contributed by atoms with Gasteiger partial charge in [-0.15, -0.1) is 0 Å². The first-order valence-corrected chi connectivity index (χ1v) is 6.44. The number of aromatic nitrogens is 1. The zero-order valence-corrected chi connectivity index (χ0v) is 10.0. The SMILES string of the molecule is O=C(O)c1ccc(Cl)nc1NC1CCSC1. The maximum Gasteiger partial charge on any atom is 0.339 e. The van der Waals surface area contributed by atoms with Crippen molar-refractivity contribution in [1.82, 2.24) is 4.98 Å². The van der Waals surface area contributed by atoms with Crippen LogP contribution >= 0.6 is 23.4 Å². The molecule has 0 aromatic carbocycles. The molecule has 1 aliphatic rings. The van der Waals surface area contributed by atoms with E-state index in [1.54, 1.807) is 0 Å². The van der Waals surface area contributed by atoms with Crippen molar-refractivity contribution in [2.45, 2.75) is 12.5 Å². The average molecular weight is 259 g/mol. The second-order valence-electron chi connectivity index (χ2n) is 3.54. The van der Waals surface area contributed by atoms with E-state index in [4.69, 9.17) is 16.7 Å². The van der Waals surface area contributed by atoms with Crippen LogP contribution in [-0.4, -0.2) is 33.6 Å². The first-order chi connectivity index (χ1) is 7.66. The lowest BCUT2D eigenvalue weighted by Crippen LogP contribution is -2.21. The van der Waals surface area contributed by atoms with Crippen LogP contribution in [-0.2, 0) is 0 Å². The summed E-state index contributed by atoms with van der Waals surface area (Å²) >= 11 is 7.61. The Hall–Kier alpha value is -0.940. The smallest absolute Gasteiger partial charge is 0.339 e. The van der Waals surface area contributed by atoms with Crippen LogP contribution in [0.1, 0.15) is 16.8 Å². The van der Waals surface area contributed by atoms with Gasteiger partial charge in [0, 0.05) is 11.8 Å². The fraction of sp³-hybridized carbons (Fsp3) is 0.400. The molecule has 1 saturated heterocycles. The number of hydrogen-bond acceptors (Lipinski definition) is 4. The van der Waals surface area contributed by atoms with Crippen LogP contribution in [0.15, 0.2) is 12.1 Å². The molecule has 0 saturated carbocycles. The van der Waals surface area contributed by atoms with Gasteiger partial charge in [-0.05, 0) is 24.3 Å². The van der Waals surface area contributed by atoms with Crippen LogP contribution in [0.4, 0.5) is 5.82 Å². The first kappa shape index (κ1) is 11.5. The lowest BCUT2D eigenvalue weighted by molar-refractivity contribution is 0.0697. The molecular weight excluding hydrogens is 248 g/mol. The first-order valence-electron chi connectivity index (χ1n) is 4.91. The van der Waals surface area contributed by atoms with Crippen LogP contribution in [0, 0.1) is 0 Å². The standard InChI is InChI=1S/C10H11ClN2O2S/c11-8-2-1-7(10(14)15)9(13-8)12-6-3-4-16-5-6/h1-2,6H,3-5H2,(H,12,13)(H,14,15). The number of carbonyl (C=O) groups is 1. The van der Waals surface area contributed by atoms with Gasteiger partial charge in [-0.3, -0.25) is 0 Å². The molecule has 1 atom stereocenters. The van der Waals surface area contributed by atoms with E-state index in [1.165, 1.54) is 12.1 Å². The zero-order valence-electron chi connectivity index (χ0n) is 8.44. The Kier molecular flexibility index (Phi) is 3.56. The van der Waals surface area contributed by atoms with Crippen molar-refractivity contribution in [2.24, 2.45) is 0 Å². The Morgan fingerprint density at radius 2 is 2.44 bits per heavy atom. The third-order valence-electron chi connectivity index (χ3n) is 2.36. The molecule has 1 aliphatic heterocycles. The molecule has 0 amide bonds. The van der Waals surface area contributed by atoms with Crippen molar-refractivity contribution in [1.29, 1.82) is 0 Å². The lowest BCUT2D eigenvalue weighted by atomic mass is 10.2. The van der Waals surface area contributed by atoms with E-state index >= 15 is 0 Å². The monoisotopic (exact) mass is 258 g/mol. The highest BCUT2D eigenvalue weighted by Crippen LogP contribution is 2.23. The number of aromatic carboxylic acids is 1. The molecule has 16 heavy (non-hydrogen) atoms. The summed E-state index contributed by atoms with van der Waals surface area (Å²) in [7, 11) is 0. The highest BCUT2D eigenvalue weighted by molar-refractivity contribution is 7.99. The molecule has 1 aromatic rings. The molecule has 0 aliphatic carbocycles. The van der Waals surface area contributed by atoms with E-state index in [1.807, 2.05) is 11.8 Å². The number of carboxylic acid groups (broad SMARTS) is 1. The molecule has 2 heterocycles. The third kappa shape index (κ3) is 2.59.